The molecule has 0 aliphatic heterocycles. The van der Waals surface area contributed by atoms with Crippen LogP contribution in [-0.2, 0) is 9.84 Å². The van der Waals surface area contributed by atoms with Gasteiger partial charge in [-0.2, -0.15) is 5.26 Å². The number of hydrogen-bond donors (Lipinski definition) is 0. The maximum atomic E-state index is 11.3. The van der Waals surface area contributed by atoms with Gasteiger partial charge in [0, 0.05) is 0 Å². The van der Waals surface area contributed by atoms with Crippen LogP contribution in [0.3, 0.4) is 0 Å². The standard InChI is InChI=1S/C8H6BrNO2S/c9-6-13(11,12)8-3-1-7(5-10)2-4-8/h1-4H,6H2. The maximum Gasteiger partial charge on any atom is 0.188 e. The Balaban J connectivity index is 3.15. The maximum absolute atomic E-state index is 11.3. The average Bonchev–Trinajstić information content (AvgIpc) is 2.18. The fourth-order valence-corrected chi connectivity index (χ4v) is 2.27. The minimum Gasteiger partial charge on any atom is -0.223 e. The normalized spacial score (nSPS) is 10.8. The van der Waals surface area contributed by atoms with Gasteiger partial charge in [-0.05, 0) is 24.3 Å². The van der Waals surface area contributed by atoms with Crippen LogP contribution in [0.4, 0.5) is 0 Å². The minimum atomic E-state index is -3.22. The van der Waals surface area contributed by atoms with Gasteiger partial charge < -0.3 is 0 Å². The van der Waals surface area contributed by atoms with Crippen molar-refractivity contribution in [3.63, 3.8) is 0 Å². The molecular weight excluding hydrogens is 254 g/mol. The highest BCUT2D eigenvalue weighted by molar-refractivity contribution is 9.10. The predicted octanol–water partition coefficient (Wildman–Crippen LogP) is 1.68. The number of alkyl halides is 1. The molecule has 0 heterocycles. The molecule has 0 aliphatic rings. The highest BCUT2D eigenvalue weighted by Crippen LogP contribution is 2.13. The number of nitriles is 1. The fraction of sp³-hybridized carbons (Fsp3) is 0.125. The van der Waals surface area contributed by atoms with Gasteiger partial charge in [-0.25, -0.2) is 8.42 Å². The van der Waals surface area contributed by atoms with Crippen molar-refractivity contribution in [1.29, 1.82) is 5.26 Å². The molecule has 0 atom stereocenters. The van der Waals surface area contributed by atoms with Crippen molar-refractivity contribution < 1.29 is 8.42 Å². The molecular formula is C8H6BrNO2S. The Hall–Kier alpha value is -0.860. The van der Waals surface area contributed by atoms with E-state index in [1.807, 2.05) is 6.07 Å². The van der Waals surface area contributed by atoms with Crippen LogP contribution < -0.4 is 0 Å². The highest BCUT2D eigenvalue weighted by Gasteiger charge is 2.11. The van der Waals surface area contributed by atoms with Gasteiger partial charge >= 0.3 is 0 Å². The van der Waals surface area contributed by atoms with E-state index in [1.54, 1.807) is 0 Å². The summed E-state index contributed by atoms with van der Waals surface area (Å²) in [4.78, 5) is 0.225. The van der Waals surface area contributed by atoms with Crippen molar-refractivity contribution in [2.45, 2.75) is 4.90 Å². The van der Waals surface area contributed by atoms with Gasteiger partial charge in [0.15, 0.2) is 9.84 Å². The molecule has 0 aliphatic carbocycles. The van der Waals surface area contributed by atoms with Gasteiger partial charge in [0.1, 0.15) is 4.66 Å². The Morgan fingerprint density at radius 2 is 1.85 bits per heavy atom. The molecule has 0 saturated heterocycles. The molecule has 0 amide bonds. The lowest BCUT2D eigenvalue weighted by Gasteiger charge is -1.98. The number of nitrogens with zero attached hydrogens (tertiary/aromatic N) is 1. The zero-order valence-electron chi connectivity index (χ0n) is 6.57. The molecule has 0 saturated carbocycles. The van der Waals surface area contributed by atoms with Crippen molar-refractivity contribution >= 4 is 25.8 Å². The monoisotopic (exact) mass is 259 g/mol. The molecule has 0 spiro atoms. The topological polar surface area (TPSA) is 57.9 Å². The largest absolute Gasteiger partial charge is 0.223 e. The van der Waals surface area contributed by atoms with Gasteiger partial charge in [0.25, 0.3) is 0 Å². The molecule has 0 aromatic heterocycles. The second-order valence-electron chi connectivity index (χ2n) is 2.36. The first-order valence-corrected chi connectivity index (χ1v) is 6.16. The van der Waals surface area contributed by atoms with Crippen molar-refractivity contribution in [2.75, 3.05) is 4.66 Å². The van der Waals surface area contributed by atoms with Crippen LogP contribution >= 0.6 is 15.9 Å². The summed E-state index contributed by atoms with van der Waals surface area (Å²) in [6, 6.07) is 7.73. The van der Waals surface area contributed by atoms with Gasteiger partial charge in [-0.3, -0.25) is 0 Å². The van der Waals surface area contributed by atoms with Crippen LogP contribution in [0.1, 0.15) is 5.56 Å². The smallest absolute Gasteiger partial charge is 0.188 e. The number of benzene rings is 1. The second-order valence-corrected chi connectivity index (χ2v) is 5.65. The van der Waals surface area contributed by atoms with E-state index in [0.29, 0.717) is 5.56 Å². The minimum absolute atomic E-state index is 0.105. The first kappa shape index (κ1) is 10.2. The predicted molar refractivity (Wildman–Crippen MR) is 52.1 cm³/mol. The molecule has 1 aromatic rings. The number of rotatable bonds is 2. The molecule has 0 radical (unpaired) electrons. The van der Waals surface area contributed by atoms with Crippen LogP contribution in [0, 0.1) is 11.3 Å². The summed E-state index contributed by atoms with van der Waals surface area (Å²) >= 11 is 2.89. The first-order valence-electron chi connectivity index (χ1n) is 3.39. The van der Waals surface area contributed by atoms with E-state index >= 15 is 0 Å². The second kappa shape index (κ2) is 3.90. The molecule has 3 nitrogen and oxygen atoms in total. The molecule has 68 valence electrons. The van der Waals surface area contributed by atoms with Crippen molar-refractivity contribution in [1.82, 2.24) is 0 Å². The summed E-state index contributed by atoms with van der Waals surface area (Å²) in [7, 11) is -3.22. The van der Waals surface area contributed by atoms with E-state index in [2.05, 4.69) is 15.9 Å². The van der Waals surface area contributed by atoms with Crippen LogP contribution in [0.2, 0.25) is 0 Å². The molecule has 0 N–H and O–H groups in total. The van der Waals surface area contributed by atoms with Gasteiger partial charge in [-0.1, -0.05) is 15.9 Å². The van der Waals surface area contributed by atoms with E-state index in [0.717, 1.165) is 0 Å². The lowest BCUT2D eigenvalue weighted by molar-refractivity contribution is 0.601. The molecule has 1 aromatic carbocycles. The summed E-state index contributed by atoms with van der Waals surface area (Å²) in [5.74, 6) is 0. The van der Waals surface area contributed by atoms with Crippen molar-refractivity contribution in [3.05, 3.63) is 29.8 Å². The highest BCUT2D eigenvalue weighted by atomic mass is 79.9. The summed E-state index contributed by atoms with van der Waals surface area (Å²) in [6.45, 7) is 0. The van der Waals surface area contributed by atoms with Crippen LogP contribution in [0.5, 0.6) is 0 Å². The Kier molecular flexibility index (Phi) is 3.07. The molecule has 1 rings (SSSR count). The molecule has 0 unspecified atom stereocenters. The van der Waals surface area contributed by atoms with E-state index in [9.17, 15) is 8.42 Å². The third kappa shape index (κ3) is 2.29. The first-order chi connectivity index (χ1) is 6.10. The SMILES string of the molecule is N#Cc1ccc(S(=O)(=O)CBr)cc1. The third-order valence-corrected chi connectivity index (χ3v) is 4.57. The Morgan fingerprint density at radius 1 is 1.31 bits per heavy atom. The Labute approximate surface area is 85.0 Å². The zero-order chi connectivity index (χ0) is 9.90. The number of sulfone groups is 1. The van der Waals surface area contributed by atoms with Crippen LogP contribution in [-0.4, -0.2) is 13.1 Å². The summed E-state index contributed by atoms with van der Waals surface area (Å²) in [5, 5.41) is 8.48. The molecule has 5 heteroatoms. The third-order valence-electron chi connectivity index (χ3n) is 1.49. The lowest BCUT2D eigenvalue weighted by atomic mass is 10.2. The van der Waals surface area contributed by atoms with Gasteiger partial charge in [0.2, 0.25) is 0 Å². The molecule has 0 bridgehead atoms. The molecule has 0 fully saturated rings. The zero-order valence-corrected chi connectivity index (χ0v) is 8.97. The summed E-state index contributed by atoms with van der Waals surface area (Å²) in [5.41, 5.74) is 0.452. The van der Waals surface area contributed by atoms with E-state index in [1.165, 1.54) is 24.3 Å². The van der Waals surface area contributed by atoms with Gasteiger partial charge in [0.05, 0.1) is 16.5 Å². The van der Waals surface area contributed by atoms with Crippen LogP contribution in [0.15, 0.2) is 29.2 Å². The Bertz CT molecular complexity index is 430. The lowest BCUT2D eigenvalue weighted by Crippen LogP contribution is -2.00. The van der Waals surface area contributed by atoms with E-state index < -0.39 is 9.84 Å². The Morgan fingerprint density at radius 3 is 2.23 bits per heavy atom. The van der Waals surface area contributed by atoms with E-state index in [-0.39, 0.29) is 9.56 Å². The van der Waals surface area contributed by atoms with Crippen LogP contribution in [0.25, 0.3) is 0 Å². The van der Waals surface area contributed by atoms with Crippen molar-refractivity contribution in [2.24, 2.45) is 0 Å². The summed E-state index contributed by atoms with van der Waals surface area (Å²) < 4.78 is 22.4. The van der Waals surface area contributed by atoms with Gasteiger partial charge in [-0.15, -0.1) is 0 Å². The number of hydrogen-bond acceptors (Lipinski definition) is 3. The fourth-order valence-electron chi connectivity index (χ4n) is 0.800. The average molecular weight is 260 g/mol. The number of halogens is 1. The molecule has 13 heavy (non-hydrogen) atoms. The quantitative estimate of drug-likeness (QED) is 0.760. The van der Waals surface area contributed by atoms with E-state index in [4.69, 9.17) is 5.26 Å². The van der Waals surface area contributed by atoms with Crippen molar-refractivity contribution in [3.8, 4) is 6.07 Å². The summed E-state index contributed by atoms with van der Waals surface area (Å²) in [6.07, 6.45) is 0.